The number of hydrogen-bond donors (Lipinski definition) is 2. The summed E-state index contributed by atoms with van der Waals surface area (Å²) in [6.45, 7) is -0.0532. The molecular formula is C14H13F2N3O3S. The van der Waals surface area contributed by atoms with Crippen molar-refractivity contribution in [2.45, 2.75) is 13.0 Å². The van der Waals surface area contributed by atoms with Gasteiger partial charge in [0, 0.05) is 23.6 Å². The summed E-state index contributed by atoms with van der Waals surface area (Å²) in [5, 5.41) is 6.83. The smallest absolute Gasteiger partial charge is 0.413 e. The minimum atomic E-state index is -0.719. The number of aromatic nitrogens is 1. The van der Waals surface area contributed by atoms with E-state index >= 15 is 0 Å². The number of thiazole rings is 1. The highest BCUT2D eigenvalue weighted by atomic mass is 32.1. The van der Waals surface area contributed by atoms with Crippen LogP contribution >= 0.6 is 11.3 Å². The van der Waals surface area contributed by atoms with Gasteiger partial charge in [-0.05, 0) is 6.07 Å². The maximum Gasteiger partial charge on any atom is 0.413 e. The van der Waals surface area contributed by atoms with Crippen LogP contribution in [-0.4, -0.2) is 24.1 Å². The van der Waals surface area contributed by atoms with Gasteiger partial charge in [0.05, 0.1) is 19.2 Å². The third-order valence-electron chi connectivity index (χ3n) is 2.78. The van der Waals surface area contributed by atoms with E-state index in [2.05, 4.69) is 20.4 Å². The van der Waals surface area contributed by atoms with Gasteiger partial charge in [0.2, 0.25) is 5.91 Å². The highest BCUT2D eigenvalue weighted by Crippen LogP contribution is 2.16. The second-order valence-electron chi connectivity index (χ2n) is 4.45. The second kappa shape index (κ2) is 7.63. The van der Waals surface area contributed by atoms with E-state index in [-0.39, 0.29) is 24.4 Å². The Balaban J connectivity index is 1.86. The van der Waals surface area contributed by atoms with Gasteiger partial charge in [0.1, 0.15) is 11.6 Å². The predicted molar refractivity (Wildman–Crippen MR) is 80.1 cm³/mol. The fourth-order valence-corrected chi connectivity index (χ4v) is 2.37. The number of benzene rings is 1. The topological polar surface area (TPSA) is 80.3 Å². The van der Waals surface area contributed by atoms with E-state index < -0.39 is 17.7 Å². The molecule has 0 spiro atoms. The Labute approximate surface area is 134 Å². The van der Waals surface area contributed by atoms with Crippen molar-refractivity contribution in [3.63, 3.8) is 0 Å². The third kappa shape index (κ3) is 4.99. The molecule has 0 unspecified atom stereocenters. The van der Waals surface area contributed by atoms with Crippen LogP contribution in [0.3, 0.4) is 0 Å². The first-order valence-corrected chi connectivity index (χ1v) is 7.36. The van der Waals surface area contributed by atoms with Crippen molar-refractivity contribution < 1.29 is 23.1 Å². The molecule has 2 amide bonds. The fraction of sp³-hybridized carbons (Fsp3) is 0.214. The van der Waals surface area contributed by atoms with Gasteiger partial charge < -0.3 is 10.1 Å². The Morgan fingerprint density at radius 3 is 2.83 bits per heavy atom. The number of hydrogen-bond acceptors (Lipinski definition) is 5. The molecule has 0 aliphatic rings. The minimum Gasteiger partial charge on any atom is -0.453 e. The summed E-state index contributed by atoms with van der Waals surface area (Å²) < 4.78 is 30.6. The molecular weight excluding hydrogens is 328 g/mol. The lowest BCUT2D eigenvalue weighted by atomic mass is 10.2. The molecule has 0 radical (unpaired) electrons. The van der Waals surface area contributed by atoms with Gasteiger partial charge in [0.15, 0.2) is 5.13 Å². The third-order valence-corrected chi connectivity index (χ3v) is 3.59. The normalized spacial score (nSPS) is 10.2. The first-order chi connectivity index (χ1) is 11.0. The number of ether oxygens (including phenoxy) is 1. The lowest BCUT2D eigenvalue weighted by molar-refractivity contribution is -0.120. The molecule has 9 heteroatoms. The predicted octanol–water partition coefficient (Wildman–Crippen LogP) is 2.46. The number of methoxy groups -OCH3 is 1. The van der Waals surface area contributed by atoms with Crippen LogP contribution in [-0.2, 0) is 22.5 Å². The highest BCUT2D eigenvalue weighted by Gasteiger charge is 2.11. The molecule has 0 atom stereocenters. The van der Waals surface area contributed by atoms with Gasteiger partial charge in [-0.2, -0.15) is 0 Å². The number of anilines is 1. The molecule has 23 heavy (non-hydrogen) atoms. The van der Waals surface area contributed by atoms with Gasteiger partial charge in [0.25, 0.3) is 0 Å². The first kappa shape index (κ1) is 16.8. The Kier molecular flexibility index (Phi) is 5.58. The maximum absolute atomic E-state index is 13.4. The van der Waals surface area contributed by atoms with E-state index in [9.17, 15) is 18.4 Å². The Morgan fingerprint density at radius 2 is 2.13 bits per heavy atom. The maximum atomic E-state index is 13.4. The standard InChI is InChI=1S/C14H13F2N3O3S/c1-22-14(21)19-13-18-10(7-23-13)5-12(20)17-6-8-2-3-9(15)4-11(8)16/h2-4,7H,5-6H2,1H3,(H,17,20)(H,18,19,21). The molecule has 6 nitrogen and oxygen atoms in total. The molecule has 2 N–H and O–H groups in total. The molecule has 122 valence electrons. The molecule has 0 fully saturated rings. The highest BCUT2D eigenvalue weighted by molar-refractivity contribution is 7.13. The minimum absolute atomic E-state index is 0.0256. The van der Waals surface area contributed by atoms with Crippen LogP contribution in [0.1, 0.15) is 11.3 Å². The molecule has 1 aromatic carbocycles. The van der Waals surface area contributed by atoms with Gasteiger partial charge in [-0.1, -0.05) is 6.07 Å². The summed E-state index contributed by atoms with van der Waals surface area (Å²) in [5.74, 6) is -1.77. The van der Waals surface area contributed by atoms with Crippen LogP contribution in [0.4, 0.5) is 18.7 Å². The average Bonchev–Trinajstić information content (AvgIpc) is 2.93. The summed E-state index contributed by atoms with van der Waals surface area (Å²) in [6.07, 6.45) is -0.676. The van der Waals surface area contributed by atoms with E-state index in [4.69, 9.17) is 0 Å². The average molecular weight is 341 g/mol. The molecule has 2 aromatic rings. The number of nitrogens with one attached hydrogen (secondary N) is 2. The second-order valence-corrected chi connectivity index (χ2v) is 5.31. The quantitative estimate of drug-likeness (QED) is 0.875. The summed E-state index contributed by atoms with van der Waals surface area (Å²) in [5.41, 5.74) is 0.643. The van der Waals surface area contributed by atoms with Gasteiger partial charge in [-0.15, -0.1) is 11.3 Å². The molecule has 0 aliphatic carbocycles. The zero-order valence-electron chi connectivity index (χ0n) is 12.1. The number of carbonyl (C=O) groups is 2. The van der Waals surface area contributed by atoms with Crippen molar-refractivity contribution in [1.82, 2.24) is 10.3 Å². The van der Waals surface area contributed by atoms with Crippen LogP contribution < -0.4 is 10.6 Å². The number of amides is 2. The molecule has 1 heterocycles. The Bertz CT molecular complexity index is 721. The van der Waals surface area contributed by atoms with Crippen molar-refractivity contribution >= 4 is 28.5 Å². The number of rotatable bonds is 5. The van der Waals surface area contributed by atoms with Crippen LogP contribution in [0, 0.1) is 11.6 Å². The summed E-state index contributed by atoms with van der Waals surface area (Å²) in [7, 11) is 1.23. The summed E-state index contributed by atoms with van der Waals surface area (Å²) in [6, 6.07) is 3.15. The van der Waals surface area contributed by atoms with Crippen LogP contribution in [0.25, 0.3) is 0 Å². The zero-order valence-corrected chi connectivity index (χ0v) is 12.9. The summed E-state index contributed by atoms with van der Waals surface area (Å²) in [4.78, 5) is 26.9. The molecule has 1 aromatic heterocycles. The van der Waals surface area contributed by atoms with E-state index in [1.807, 2.05) is 0 Å². The van der Waals surface area contributed by atoms with Gasteiger partial charge >= 0.3 is 6.09 Å². The van der Waals surface area contributed by atoms with Crippen LogP contribution in [0.2, 0.25) is 0 Å². The van der Waals surface area contributed by atoms with Crippen molar-refractivity contribution in [3.8, 4) is 0 Å². The van der Waals surface area contributed by atoms with E-state index in [1.54, 1.807) is 5.38 Å². The fourth-order valence-electron chi connectivity index (χ4n) is 1.67. The number of halogens is 2. The van der Waals surface area contributed by atoms with Crippen molar-refractivity contribution in [2.24, 2.45) is 0 Å². The number of nitrogens with zero attached hydrogens (tertiary/aromatic N) is 1. The lowest BCUT2D eigenvalue weighted by Crippen LogP contribution is -2.25. The Hall–Kier alpha value is -2.55. The molecule has 2 rings (SSSR count). The number of carbonyl (C=O) groups excluding carboxylic acids is 2. The molecule has 0 saturated heterocycles. The first-order valence-electron chi connectivity index (χ1n) is 6.48. The lowest BCUT2D eigenvalue weighted by Gasteiger charge is -2.05. The molecule has 0 aliphatic heterocycles. The monoisotopic (exact) mass is 341 g/mol. The zero-order chi connectivity index (χ0) is 16.8. The van der Waals surface area contributed by atoms with Gasteiger partial charge in [-0.3, -0.25) is 10.1 Å². The Morgan fingerprint density at radius 1 is 1.35 bits per heavy atom. The molecule has 0 bridgehead atoms. The van der Waals surface area contributed by atoms with Crippen molar-refractivity contribution in [3.05, 3.63) is 46.5 Å². The van der Waals surface area contributed by atoms with Crippen LogP contribution in [0.5, 0.6) is 0 Å². The van der Waals surface area contributed by atoms with Crippen molar-refractivity contribution in [1.29, 1.82) is 0 Å². The van der Waals surface area contributed by atoms with Crippen LogP contribution in [0.15, 0.2) is 23.6 Å². The summed E-state index contributed by atoms with van der Waals surface area (Å²) >= 11 is 1.15. The van der Waals surface area contributed by atoms with E-state index in [1.165, 1.54) is 13.2 Å². The molecule has 0 saturated carbocycles. The van der Waals surface area contributed by atoms with E-state index in [0.29, 0.717) is 10.8 Å². The van der Waals surface area contributed by atoms with Gasteiger partial charge in [-0.25, -0.2) is 18.6 Å². The van der Waals surface area contributed by atoms with Crippen molar-refractivity contribution in [2.75, 3.05) is 12.4 Å². The largest absolute Gasteiger partial charge is 0.453 e. The SMILES string of the molecule is COC(=O)Nc1nc(CC(=O)NCc2ccc(F)cc2F)cs1. The van der Waals surface area contributed by atoms with E-state index in [0.717, 1.165) is 23.5 Å².